The van der Waals surface area contributed by atoms with Gasteiger partial charge in [-0.1, -0.05) is 26.3 Å². The topological polar surface area (TPSA) is 58.6 Å². The highest BCUT2D eigenvalue weighted by molar-refractivity contribution is 5.99. The number of aliphatic hydroxyl groups is 1. The minimum atomic E-state index is -0.175. The first-order valence-corrected chi connectivity index (χ1v) is 6.55. The van der Waals surface area contributed by atoms with Crippen LogP contribution < -0.4 is 10.1 Å². The Labute approximate surface area is 120 Å². The number of anilines is 1. The van der Waals surface area contributed by atoms with E-state index in [2.05, 4.69) is 26.1 Å². The van der Waals surface area contributed by atoms with Gasteiger partial charge in [0.15, 0.2) is 0 Å². The first-order chi connectivity index (χ1) is 9.27. The summed E-state index contributed by atoms with van der Waals surface area (Å²) in [4.78, 5) is 11.9. The Balaban J connectivity index is 2.87. The zero-order chi connectivity index (χ0) is 15.3. The van der Waals surface area contributed by atoms with Crippen LogP contribution in [0, 0.1) is 5.41 Å². The molecule has 1 aromatic carbocycles. The summed E-state index contributed by atoms with van der Waals surface area (Å²) in [6, 6.07) is 5.18. The Morgan fingerprint density at radius 2 is 2.05 bits per heavy atom. The molecule has 0 heterocycles. The van der Waals surface area contributed by atoms with Gasteiger partial charge in [-0.2, -0.15) is 0 Å². The van der Waals surface area contributed by atoms with E-state index in [1.165, 1.54) is 0 Å². The second-order valence-electron chi connectivity index (χ2n) is 5.75. The van der Waals surface area contributed by atoms with Crippen molar-refractivity contribution in [2.24, 2.45) is 5.41 Å². The van der Waals surface area contributed by atoms with Gasteiger partial charge < -0.3 is 15.2 Å². The monoisotopic (exact) mass is 277 g/mol. The summed E-state index contributed by atoms with van der Waals surface area (Å²) in [5.41, 5.74) is 2.25. The van der Waals surface area contributed by atoms with Gasteiger partial charge >= 0.3 is 0 Å². The Hall–Kier alpha value is -1.81. The number of amides is 1. The van der Waals surface area contributed by atoms with Gasteiger partial charge in [-0.25, -0.2) is 0 Å². The minimum absolute atomic E-state index is 0.0342. The zero-order valence-corrected chi connectivity index (χ0v) is 12.8. The molecule has 0 aliphatic rings. The third kappa shape index (κ3) is 4.38. The number of aliphatic hydroxyl groups excluding tert-OH is 1. The lowest BCUT2D eigenvalue weighted by Crippen LogP contribution is -2.13. The molecular weight excluding hydrogens is 254 g/mol. The molecule has 0 fully saturated rings. The highest BCUT2D eigenvalue weighted by atomic mass is 16.5. The predicted octanol–water partition coefficient (Wildman–Crippen LogP) is 3.12. The maximum atomic E-state index is 11.9. The average molecular weight is 277 g/mol. The van der Waals surface area contributed by atoms with Crippen molar-refractivity contribution in [3.63, 3.8) is 0 Å². The third-order valence-corrected chi connectivity index (χ3v) is 3.25. The highest BCUT2D eigenvalue weighted by Crippen LogP contribution is 2.25. The van der Waals surface area contributed by atoms with Crippen LogP contribution in [0.5, 0.6) is 5.75 Å². The molecule has 0 saturated heterocycles. The van der Waals surface area contributed by atoms with Gasteiger partial charge in [0.05, 0.1) is 13.7 Å². The number of allylic oxidation sites excluding steroid dienone is 1. The predicted molar refractivity (Wildman–Crippen MR) is 80.8 cm³/mol. The third-order valence-electron chi connectivity index (χ3n) is 3.25. The second kappa shape index (κ2) is 6.57. The van der Waals surface area contributed by atoms with Crippen LogP contribution >= 0.6 is 0 Å². The van der Waals surface area contributed by atoms with Crippen molar-refractivity contribution in [3.05, 3.63) is 35.4 Å². The molecule has 0 aliphatic carbocycles. The van der Waals surface area contributed by atoms with E-state index < -0.39 is 0 Å². The number of carbonyl (C=O) groups excluding carboxylic acids is 1. The van der Waals surface area contributed by atoms with Crippen LogP contribution in [0.1, 0.15) is 33.3 Å². The molecule has 0 radical (unpaired) electrons. The summed E-state index contributed by atoms with van der Waals surface area (Å²) in [5.74, 6) is 0.429. The lowest BCUT2D eigenvalue weighted by Gasteiger charge is -2.19. The fourth-order valence-corrected chi connectivity index (χ4v) is 1.57. The summed E-state index contributed by atoms with van der Waals surface area (Å²) >= 11 is 0. The highest BCUT2D eigenvalue weighted by Gasteiger charge is 2.14. The van der Waals surface area contributed by atoms with E-state index in [4.69, 9.17) is 4.74 Å². The van der Waals surface area contributed by atoms with Gasteiger partial charge in [0, 0.05) is 17.3 Å². The maximum Gasteiger partial charge on any atom is 0.248 e. The number of carbonyl (C=O) groups is 1. The number of benzene rings is 1. The number of nitrogens with one attached hydrogen (secondary N) is 1. The number of hydrogen-bond donors (Lipinski definition) is 2. The van der Waals surface area contributed by atoms with E-state index in [0.29, 0.717) is 17.0 Å². The molecule has 110 valence electrons. The van der Waals surface area contributed by atoms with Crippen LogP contribution in [0.2, 0.25) is 0 Å². The lowest BCUT2D eigenvalue weighted by atomic mass is 9.87. The van der Waals surface area contributed by atoms with E-state index in [1.54, 1.807) is 31.4 Å². The van der Waals surface area contributed by atoms with Gasteiger partial charge in [0.1, 0.15) is 5.75 Å². The van der Waals surface area contributed by atoms with Crippen molar-refractivity contribution >= 4 is 11.6 Å². The summed E-state index contributed by atoms with van der Waals surface area (Å²) in [6.07, 6.45) is 1.60. The largest absolute Gasteiger partial charge is 0.496 e. The quantitative estimate of drug-likeness (QED) is 0.831. The molecule has 4 nitrogen and oxygen atoms in total. The zero-order valence-electron chi connectivity index (χ0n) is 12.8. The molecule has 0 atom stereocenters. The van der Waals surface area contributed by atoms with Gasteiger partial charge in [-0.05, 0) is 30.5 Å². The fraction of sp³-hybridized carbons (Fsp3) is 0.438. The number of hydrogen-bond acceptors (Lipinski definition) is 3. The molecule has 0 aromatic heterocycles. The number of ether oxygens (including phenoxy) is 1. The lowest BCUT2D eigenvalue weighted by molar-refractivity contribution is -0.112. The molecule has 1 aromatic rings. The fourth-order valence-electron chi connectivity index (χ4n) is 1.57. The van der Waals surface area contributed by atoms with Crippen molar-refractivity contribution in [2.45, 2.75) is 34.3 Å². The molecule has 4 heteroatoms. The first kappa shape index (κ1) is 16.2. The smallest absolute Gasteiger partial charge is 0.248 e. The van der Waals surface area contributed by atoms with Crippen molar-refractivity contribution in [3.8, 4) is 5.75 Å². The van der Waals surface area contributed by atoms with E-state index >= 15 is 0 Å². The average Bonchev–Trinajstić information content (AvgIpc) is 2.37. The Bertz CT molecular complexity index is 513. The van der Waals surface area contributed by atoms with Gasteiger partial charge in [0.25, 0.3) is 0 Å². The molecule has 1 rings (SSSR count). The van der Waals surface area contributed by atoms with E-state index in [1.807, 2.05) is 6.92 Å². The van der Waals surface area contributed by atoms with Gasteiger partial charge in [0.2, 0.25) is 5.91 Å². The van der Waals surface area contributed by atoms with Crippen LogP contribution in [-0.2, 0) is 11.4 Å². The van der Waals surface area contributed by atoms with Crippen molar-refractivity contribution in [1.82, 2.24) is 0 Å². The standard InChI is InChI=1S/C16H23NO3/c1-11(16(2,3)4)8-15(19)17-13-6-7-14(20-5)12(9-13)10-18/h6-9,18H,10H2,1-5H3,(H,17,19)/b11-8-. The van der Waals surface area contributed by atoms with Crippen LogP contribution in [0.15, 0.2) is 29.8 Å². The Kier molecular flexibility index (Phi) is 5.34. The normalized spacial score (nSPS) is 12.2. The van der Waals surface area contributed by atoms with Crippen LogP contribution in [0.4, 0.5) is 5.69 Å². The van der Waals surface area contributed by atoms with Crippen molar-refractivity contribution in [2.75, 3.05) is 12.4 Å². The number of rotatable bonds is 4. The van der Waals surface area contributed by atoms with Crippen LogP contribution in [-0.4, -0.2) is 18.1 Å². The number of methoxy groups -OCH3 is 1. The van der Waals surface area contributed by atoms with E-state index in [-0.39, 0.29) is 17.9 Å². The molecule has 0 aliphatic heterocycles. The molecule has 1 amide bonds. The van der Waals surface area contributed by atoms with Gasteiger partial charge in [-0.3, -0.25) is 4.79 Å². The first-order valence-electron chi connectivity index (χ1n) is 6.55. The molecule has 0 saturated carbocycles. The van der Waals surface area contributed by atoms with Gasteiger partial charge in [-0.15, -0.1) is 0 Å². The molecule has 0 unspecified atom stereocenters. The van der Waals surface area contributed by atoms with Crippen molar-refractivity contribution in [1.29, 1.82) is 0 Å². The van der Waals surface area contributed by atoms with Crippen LogP contribution in [0.3, 0.4) is 0 Å². The molecule has 0 bridgehead atoms. The van der Waals surface area contributed by atoms with Crippen molar-refractivity contribution < 1.29 is 14.6 Å². The molecular formula is C16H23NO3. The summed E-state index contributed by atoms with van der Waals surface area (Å²) in [6.45, 7) is 7.98. The SMILES string of the molecule is COc1ccc(NC(=O)/C=C(/C)C(C)(C)C)cc1CO. The summed E-state index contributed by atoms with van der Waals surface area (Å²) in [7, 11) is 1.54. The Morgan fingerprint density at radius 3 is 2.55 bits per heavy atom. The summed E-state index contributed by atoms with van der Waals surface area (Å²) < 4.78 is 5.12. The van der Waals surface area contributed by atoms with Crippen LogP contribution in [0.25, 0.3) is 0 Å². The Morgan fingerprint density at radius 1 is 1.40 bits per heavy atom. The minimum Gasteiger partial charge on any atom is -0.496 e. The summed E-state index contributed by atoms with van der Waals surface area (Å²) in [5, 5.41) is 12.0. The molecule has 0 spiro atoms. The van der Waals surface area contributed by atoms with E-state index in [9.17, 15) is 9.90 Å². The van der Waals surface area contributed by atoms with E-state index in [0.717, 1.165) is 5.57 Å². The maximum absolute atomic E-state index is 11.9. The molecule has 2 N–H and O–H groups in total. The second-order valence-corrected chi connectivity index (χ2v) is 5.75. The molecule has 20 heavy (non-hydrogen) atoms.